The van der Waals surface area contributed by atoms with Crippen molar-refractivity contribution >= 4 is 22.9 Å². The Hall–Kier alpha value is -3.06. The molecule has 32 heavy (non-hydrogen) atoms. The van der Waals surface area contributed by atoms with Gasteiger partial charge in [0.2, 0.25) is 0 Å². The monoisotopic (exact) mass is 449 g/mol. The molecular formula is C25H27N3O3S. The molecule has 2 aromatic carbocycles. The lowest BCUT2D eigenvalue weighted by Crippen LogP contribution is -2.25. The number of carbonyl (C=O) groups is 1. The Morgan fingerprint density at radius 2 is 1.88 bits per heavy atom. The third-order valence-electron chi connectivity index (χ3n) is 5.82. The maximum Gasteiger partial charge on any atom is 0.263 e. The van der Waals surface area contributed by atoms with Gasteiger partial charge >= 0.3 is 0 Å². The van der Waals surface area contributed by atoms with Gasteiger partial charge in [0.05, 0.1) is 24.4 Å². The van der Waals surface area contributed by atoms with Crippen molar-refractivity contribution in [3.8, 4) is 11.5 Å². The minimum atomic E-state index is -0.0960. The number of anilines is 1. The van der Waals surface area contributed by atoms with Gasteiger partial charge in [-0.3, -0.25) is 9.78 Å². The van der Waals surface area contributed by atoms with E-state index in [2.05, 4.69) is 40.3 Å². The molecule has 0 radical (unpaired) electrons. The molecule has 1 saturated heterocycles. The lowest BCUT2D eigenvalue weighted by atomic mass is 10.1. The number of benzene rings is 2. The number of aromatic nitrogens is 1. The fourth-order valence-corrected chi connectivity index (χ4v) is 4.49. The number of ether oxygens (including phenoxy) is 2. The summed E-state index contributed by atoms with van der Waals surface area (Å²) in [4.78, 5) is 19.0. The minimum Gasteiger partial charge on any atom is -0.490 e. The van der Waals surface area contributed by atoms with E-state index in [1.54, 1.807) is 11.7 Å². The van der Waals surface area contributed by atoms with Crippen molar-refractivity contribution in [2.24, 2.45) is 0 Å². The largest absolute Gasteiger partial charge is 0.490 e. The first kappa shape index (κ1) is 20.8. The van der Waals surface area contributed by atoms with E-state index in [4.69, 9.17) is 9.47 Å². The van der Waals surface area contributed by atoms with Gasteiger partial charge in [-0.1, -0.05) is 12.1 Å². The molecule has 0 bridgehead atoms. The van der Waals surface area contributed by atoms with Crippen LogP contribution < -0.4 is 19.7 Å². The number of thiazole rings is 1. The first-order chi connectivity index (χ1) is 15.6. The zero-order valence-electron chi connectivity index (χ0n) is 18.1. The van der Waals surface area contributed by atoms with Crippen molar-refractivity contribution in [1.82, 2.24) is 10.3 Å². The van der Waals surface area contributed by atoms with Gasteiger partial charge < -0.3 is 19.7 Å². The maximum absolute atomic E-state index is 12.0. The molecule has 1 N–H and O–H groups in total. The number of amides is 1. The molecule has 1 saturated carbocycles. The number of nitrogens with one attached hydrogen (secondary N) is 1. The van der Waals surface area contributed by atoms with Crippen molar-refractivity contribution in [1.29, 1.82) is 0 Å². The van der Waals surface area contributed by atoms with Gasteiger partial charge in [-0.2, -0.15) is 0 Å². The van der Waals surface area contributed by atoms with Crippen LogP contribution in [0, 0.1) is 6.92 Å². The SMILES string of the molecule is Cc1cc(OC2CC2)ccc1N1CC[C@@H](Oc2ccc(CNC(=O)c3cncs3)cc2)C1. The van der Waals surface area contributed by atoms with Gasteiger partial charge in [0.1, 0.15) is 22.5 Å². The third kappa shape index (κ3) is 5.05. The van der Waals surface area contributed by atoms with E-state index < -0.39 is 0 Å². The summed E-state index contributed by atoms with van der Waals surface area (Å²) in [6.07, 6.45) is 5.51. The minimum absolute atomic E-state index is 0.0960. The molecule has 2 aliphatic rings. The van der Waals surface area contributed by atoms with Crippen molar-refractivity contribution in [2.75, 3.05) is 18.0 Å². The summed E-state index contributed by atoms with van der Waals surface area (Å²) < 4.78 is 12.1. The van der Waals surface area contributed by atoms with Crippen molar-refractivity contribution in [3.05, 3.63) is 70.2 Å². The van der Waals surface area contributed by atoms with Crippen LogP contribution in [0.4, 0.5) is 5.69 Å². The molecule has 1 aliphatic carbocycles. The Labute approximate surface area is 192 Å². The van der Waals surface area contributed by atoms with E-state index in [1.807, 2.05) is 24.3 Å². The Kier molecular flexibility index (Phi) is 5.99. The quantitative estimate of drug-likeness (QED) is 0.545. The normalized spacial score (nSPS) is 17.9. The van der Waals surface area contributed by atoms with Crippen molar-refractivity contribution in [2.45, 2.75) is 44.9 Å². The lowest BCUT2D eigenvalue weighted by molar-refractivity contribution is 0.0954. The highest BCUT2D eigenvalue weighted by Gasteiger charge is 2.26. The molecule has 1 atom stereocenters. The van der Waals surface area contributed by atoms with Crippen LogP contribution in [0.5, 0.6) is 11.5 Å². The summed E-state index contributed by atoms with van der Waals surface area (Å²) in [6, 6.07) is 14.4. The van der Waals surface area contributed by atoms with Crippen LogP contribution >= 0.6 is 11.3 Å². The number of nitrogens with zero attached hydrogens (tertiary/aromatic N) is 2. The molecule has 5 rings (SSSR count). The van der Waals surface area contributed by atoms with Crippen LogP contribution in [0.25, 0.3) is 0 Å². The zero-order valence-corrected chi connectivity index (χ0v) is 18.9. The molecule has 6 nitrogen and oxygen atoms in total. The second-order valence-electron chi connectivity index (χ2n) is 8.43. The standard InChI is InChI=1S/C25H27N3O3S/c1-17-12-21(30-20-6-7-20)8-9-23(17)28-11-10-22(15-28)31-19-4-2-18(3-5-19)13-27-25(29)24-14-26-16-32-24/h2-5,8-9,12,14,16,20,22H,6-7,10-11,13,15H2,1H3,(H,27,29)/t22-/m1/s1. The lowest BCUT2D eigenvalue weighted by Gasteiger charge is -2.22. The highest BCUT2D eigenvalue weighted by molar-refractivity contribution is 7.11. The molecular weight excluding hydrogens is 422 g/mol. The Morgan fingerprint density at radius 3 is 2.59 bits per heavy atom. The average Bonchev–Trinajstić information content (AvgIpc) is 3.25. The predicted molar refractivity (Wildman–Crippen MR) is 126 cm³/mol. The molecule has 3 aromatic rings. The summed E-state index contributed by atoms with van der Waals surface area (Å²) in [7, 11) is 0. The van der Waals surface area contributed by atoms with Gasteiger partial charge in [0.15, 0.2) is 0 Å². The number of hydrogen-bond acceptors (Lipinski definition) is 6. The second kappa shape index (κ2) is 9.20. The fraction of sp³-hybridized carbons (Fsp3) is 0.360. The van der Waals surface area contributed by atoms with E-state index in [0.29, 0.717) is 17.5 Å². The highest BCUT2D eigenvalue weighted by atomic mass is 32.1. The van der Waals surface area contributed by atoms with Gasteiger partial charge in [-0.05, 0) is 61.2 Å². The van der Waals surface area contributed by atoms with Gasteiger partial charge in [-0.15, -0.1) is 11.3 Å². The Bertz CT molecular complexity index is 1060. The number of aryl methyl sites for hydroxylation is 1. The van der Waals surface area contributed by atoms with E-state index >= 15 is 0 Å². The number of hydrogen-bond donors (Lipinski definition) is 1. The number of carbonyl (C=O) groups excluding carboxylic acids is 1. The van der Waals surface area contributed by atoms with Crippen molar-refractivity contribution in [3.63, 3.8) is 0 Å². The van der Waals surface area contributed by atoms with Crippen molar-refractivity contribution < 1.29 is 14.3 Å². The first-order valence-corrected chi connectivity index (χ1v) is 12.0. The maximum atomic E-state index is 12.0. The summed E-state index contributed by atoms with van der Waals surface area (Å²) >= 11 is 1.34. The van der Waals surface area contributed by atoms with Gasteiger partial charge in [0.25, 0.3) is 5.91 Å². The van der Waals surface area contributed by atoms with E-state index in [0.717, 1.165) is 36.6 Å². The first-order valence-electron chi connectivity index (χ1n) is 11.1. The van der Waals surface area contributed by atoms with Gasteiger partial charge in [-0.25, -0.2) is 0 Å². The molecule has 2 heterocycles. The summed E-state index contributed by atoms with van der Waals surface area (Å²) in [5.41, 5.74) is 5.19. The van der Waals surface area contributed by atoms with E-state index in [-0.39, 0.29) is 12.0 Å². The van der Waals surface area contributed by atoms with Crippen LogP contribution in [-0.2, 0) is 6.54 Å². The average molecular weight is 450 g/mol. The van der Waals surface area contributed by atoms with Crippen LogP contribution in [0.2, 0.25) is 0 Å². The van der Waals surface area contributed by atoms with E-state index in [1.165, 1.54) is 35.4 Å². The molecule has 7 heteroatoms. The summed E-state index contributed by atoms with van der Waals surface area (Å²) in [5.74, 6) is 1.74. The van der Waals surface area contributed by atoms with Crippen LogP contribution in [0.3, 0.4) is 0 Å². The predicted octanol–water partition coefficient (Wildman–Crippen LogP) is 4.58. The summed E-state index contributed by atoms with van der Waals surface area (Å²) in [5, 5.41) is 2.92. The third-order valence-corrected chi connectivity index (χ3v) is 6.59. The number of rotatable bonds is 8. The van der Waals surface area contributed by atoms with E-state index in [9.17, 15) is 4.79 Å². The molecule has 1 aromatic heterocycles. The smallest absolute Gasteiger partial charge is 0.263 e. The van der Waals surface area contributed by atoms with Crippen LogP contribution in [0.15, 0.2) is 54.2 Å². The molecule has 0 unspecified atom stereocenters. The van der Waals surface area contributed by atoms with Gasteiger partial charge in [0, 0.05) is 25.2 Å². The molecule has 1 aliphatic heterocycles. The topological polar surface area (TPSA) is 63.7 Å². The van der Waals surface area contributed by atoms with Crippen LogP contribution in [-0.4, -0.2) is 36.2 Å². The molecule has 2 fully saturated rings. The van der Waals surface area contributed by atoms with Crippen LogP contribution in [0.1, 0.15) is 40.1 Å². The highest BCUT2D eigenvalue weighted by Crippen LogP contribution is 2.32. The Balaban J connectivity index is 1.12. The molecule has 0 spiro atoms. The second-order valence-corrected chi connectivity index (χ2v) is 9.32. The fourth-order valence-electron chi connectivity index (χ4n) is 3.95. The Morgan fingerprint density at radius 1 is 1.09 bits per heavy atom. The summed E-state index contributed by atoms with van der Waals surface area (Å²) in [6.45, 7) is 4.48. The zero-order chi connectivity index (χ0) is 21.9. The molecule has 1 amide bonds. The molecule has 166 valence electrons.